The van der Waals surface area contributed by atoms with Crippen molar-refractivity contribution in [3.63, 3.8) is 0 Å². The van der Waals surface area contributed by atoms with E-state index in [1.807, 2.05) is 32.0 Å². The molecular formula is C15H18O4S. The number of ether oxygens (including phenoxy) is 3. The van der Waals surface area contributed by atoms with E-state index in [0.29, 0.717) is 12.2 Å². The first-order valence-corrected chi connectivity index (χ1v) is 7.79. The summed E-state index contributed by atoms with van der Waals surface area (Å²) in [4.78, 5) is 11.9. The van der Waals surface area contributed by atoms with Gasteiger partial charge in [0.2, 0.25) is 0 Å². The van der Waals surface area contributed by atoms with Crippen LogP contribution in [0.15, 0.2) is 30.3 Å². The van der Waals surface area contributed by atoms with Gasteiger partial charge in [0.05, 0.1) is 16.9 Å². The fraction of sp³-hybridized carbons (Fsp3) is 0.533. The van der Waals surface area contributed by atoms with Crippen LogP contribution in [0.3, 0.4) is 0 Å². The van der Waals surface area contributed by atoms with Gasteiger partial charge in [-0.15, -0.1) is 11.8 Å². The highest BCUT2D eigenvalue weighted by Crippen LogP contribution is 2.41. The average Bonchev–Trinajstić information content (AvgIpc) is 2.92. The minimum absolute atomic E-state index is 0.0126. The molecule has 0 radical (unpaired) electrons. The molecule has 2 aliphatic rings. The molecule has 2 saturated heterocycles. The lowest BCUT2D eigenvalue weighted by Gasteiger charge is -2.21. The normalized spacial score (nSPS) is 31.0. The summed E-state index contributed by atoms with van der Waals surface area (Å²) in [6.07, 6.45) is 0.119. The Kier molecular flexibility index (Phi) is 3.75. The lowest BCUT2D eigenvalue weighted by molar-refractivity contribution is -0.146. The Hall–Kier alpha value is -1.04. The zero-order chi connectivity index (χ0) is 14.2. The number of carbonyl (C=O) groups excluding carboxylic acids is 1. The number of hydrogen-bond acceptors (Lipinski definition) is 5. The predicted octanol–water partition coefficient (Wildman–Crippen LogP) is 2.48. The van der Waals surface area contributed by atoms with Gasteiger partial charge in [0.1, 0.15) is 12.7 Å². The van der Waals surface area contributed by atoms with E-state index >= 15 is 0 Å². The van der Waals surface area contributed by atoms with E-state index in [0.717, 1.165) is 5.75 Å². The maximum Gasteiger partial charge on any atom is 0.338 e. The predicted molar refractivity (Wildman–Crippen MR) is 76.8 cm³/mol. The third kappa shape index (κ3) is 2.85. The van der Waals surface area contributed by atoms with Gasteiger partial charge in [-0.25, -0.2) is 4.79 Å². The molecule has 0 aromatic heterocycles. The number of fused-ring (bicyclic) bond motifs is 1. The Morgan fingerprint density at radius 3 is 2.85 bits per heavy atom. The molecule has 0 N–H and O–H groups in total. The van der Waals surface area contributed by atoms with Gasteiger partial charge in [-0.05, 0) is 26.0 Å². The molecule has 0 amide bonds. The van der Waals surface area contributed by atoms with Crippen molar-refractivity contribution >= 4 is 17.7 Å². The average molecular weight is 294 g/mol. The van der Waals surface area contributed by atoms with Crippen molar-refractivity contribution in [1.82, 2.24) is 0 Å². The molecule has 4 nitrogen and oxygen atoms in total. The maximum absolute atomic E-state index is 11.9. The summed E-state index contributed by atoms with van der Waals surface area (Å²) in [5.41, 5.74) is 0.580. The quantitative estimate of drug-likeness (QED) is 0.801. The van der Waals surface area contributed by atoms with Crippen molar-refractivity contribution in [2.45, 2.75) is 37.1 Å². The van der Waals surface area contributed by atoms with Crippen LogP contribution in [0.2, 0.25) is 0 Å². The highest BCUT2D eigenvalue weighted by atomic mass is 32.2. The van der Waals surface area contributed by atoms with Crippen LogP contribution in [0.25, 0.3) is 0 Å². The number of thioether (sulfide) groups is 1. The van der Waals surface area contributed by atoms with Crippen molar-refractivity contribution in [3.05, 3.63) is 35.9 Å². The van der Waals surface area contributed by atoms with Crippen molar-refractivity contribution < 1.29 is 19.0 Å². The number of hydrogen-bond donors (Lipinski definition) is 0. The van der Waals surface area contributed by atoms with E-state index in [-0.39, 0.29) is 23.4 Å². The Bertz CT molecular complexity index is 488. The summed E-state index contributed by atoms with van der Waals surface area (Å²) < 4.78 is 17.1. The van der Waals surface area contributed by atoms with Crippen LogP contribution in [0.4, 0.5) is 0 Å². The Balaban J connectivity index is 1.56. The monoisotopic (exact) mass is 294 g/mol. The van der Waals surface area contributed by atoms with E-state index in [2.05, 4.69) is 0 Å². The van der Waals surface area contributed by atoms with Crippen LogP contribution in [-0.4, -0.2) is 41.6 Å². The van der Waals surface area contributed by atoms with Gasteiger partial charge in [-0.2, -0.15) is 0 Å². The summed E-state index contributed by atoms with van der Waals surface area (Å²) in [6, 6.07) is 9.04. The lowest BCUT2D eigenvalue weighted by atomic mass is 10.2. The van der Waals surface area contributed by atoms with Gasteiger partial charge in [0.25, 0.3) is 0 Å². The molecule has 2 aliphatic heterocycles. The third-order valence-electron chi connectivity index (χ3n) is 3.45. The minimum Gasteiger partial charge on any atom is -0.461 e. The van der Waals surface area contributed by atoms with E-state index in [9.17, 15) is 4.79 Å². The smallest absolute Gasteiger partial charge is 0.338 e. The van der Waals surface area contributed by atoms with Crippen molar-refractivity contribution in [3.8, 4) is 0 Å². The van der Waals surface area contributed by atoms with Crippen LogP contribution < -0.4 is 0 Å². The third-order valence-corrected chi connectivity index (χ3v) is 4.80. The molecule has 3 rings (SSSR count). The van der Waals surface area contributed by atoms with Crippen LogP contribution in [-0.2, 0) is 14.2 Å². The maximum atomic E-state index is 11.9. The lowest BCUT2D eigenvalue weighted by Crippen LogP contribution is -2.31. The fourth-order valence-corrected chi connectivity index (χ4v) is 3.86. The Morgan fingerprint density at radius 2 is 2.10 bits per heavy atom. The second-order valence-electron chi connectivity index (χ2n) is 5.47. The molecule has 2 fully saturated rings. The Morgan fingerprint density at radius 1 is 1.35 bits per heavy atom. The zero-order valence-corrected chi connectivity index (χ0v) is 12.4. The van der Waals surface area contributed by atoms with Crippen molar-refractivity contribution in [1.29, 1.82) is 0 Å². The number of carbonyl (C=O) groups is 1. The van der Waals surface area contributed by atoms with Gasteiger partial charge < -0.3 is 14.2 Å². The highest BCUT2D eigenvalue weighted by molar-refractivity contribution is 8.00. The molecule has 0 saturated carbocycles. The second kappa shape index (κ2) is 5.39. The van der Waals surface area contributed by atoms with E-state index in [1.54, 1.807) is 23.9 Å². The SMILES string of the molecule is CC1(C)OC2CSC(COC(=O)c3ccccc3)C2O1. The summed E-state index contributed by atoms with van der Waals surface area (Å²) in [6.45, 7) is 4.20. The molecule has 20 heavy (non-hydrogen) atoms. The molecular weight excluding hydrogens is 276 g/mol. The van der Waals surface area contributed by atoms with Gasteiger partial charge in [-0.3, -0.25) is 0 Å². The fourth-order valence-electron chi connectivity index (χ4n) is 2.58. The molecule has 1 aromatic rings. The zero-order valence-electron chi connectivity index (χ0n) is 11.6. The van der Waals surface area contributed by atoms with E-state index < -0.39 is 5.79 Å². The first-order valence-electron chi connectivity index (χ1n) is 6.74. The molecule has 3 unspecified atom stereocenters. The number of benzene rings is 1. The van der Waals surface area contributed by atoms with Crippen molar-refractivity contribution in [2.24, 2.45) is 0 Å². The van der Waals surface area contributed by atoms with E-state index in [1.165, 1.54) is 0 Å². The standard InChI is InChI=1S/C15H18O4S/c1-15(2)18-11-9-20-12(13(11)19-15)8-17-14(16)10-6-4-3-5-7-10/h3-7,11-13H,8-9H2,1-2H3. The molecule has 5 heteroatoms. The highest BCUT2D eigenvalue weighted by Gasteiger charge is 2.49. The molecule has 1 aromatic carbocycles. The number of rotatable bonds is 3. The number of esters is 1. The van der Waals surface area contributed by atoms with Crippen LogP contribution in [0, 0.1) is 0 Å². The molecule has 108 valence electrons. The first-order chi connectivity index (χ1) is 9.55. The van der Waals surface area contributed by atoms with Gasteiger partial charge in [-0.1, -0.05) is 18.2 Å². The van der Waals surface area contributed by atoms with Crippen LogP contribution in [0.5, 0.6) is 0 Å². The summed E-state index contributed by atoms with van der Waals surface area (Å²) in [5, 5.41) is 0.148. The Labute approximate surface area is 122 Å². The summed E-state index contributed by atoms with van der Waals surface area (Å²) in [7, 11) is 0. The summed E-state index contributed by atoms with van der Waals surface area (Å²) in [5.74, 6) is 0.0763. The van der Waals surface area contributed by atoms with Gasteiger partial charge in [0.15, 0.2) is 5.79 Å². The largest absolute Gasteiger partial charge is 0.461 e. The summed E-state index contributed by atoms with van der Waals surface area (Å²) >= 11 is 1.75. The van der Waals surface area contributed by atoms with E-state index in [4.69, 9.17) is 14.2 Å². The molecule has 3 atom stereocenters. The van der Waals surface area contributed by atoms with Crippen LogP contribution in [0.1, 0.15) is 24.2 Å². The first kappa shape index (κ1) is 13.9. The minimum atomic E-state index is -0.530. The molecule has 0 spiro atoms. The molecule has 0 aliphatic carbocycles. The molecule has 2 heterocycles. The van der Waals surface area contributed by atoms with Crippen LogP contribution >= 0.6 is 11.8 Å². The second-order valence-corrected chi connectivity index (χ2v) is 6.75. The van der Waals surface area contributed by atoms with Crippen molar-refractivity contribution in [2.75, 3.05) is 12.4 Å². The topological polar surface area (TPSA) is 44.8 Å². The molecule has 0 bridgehead atoms. The van der Waals surface area contributed by atoms with Gasteiger partial charge in [0, 0.05) is 5.75 Å². The van der Waals surface area contributed by atoms with Gasteiger partial charge >= 0.3 is 5.97 Å².